The van der Waals surface area contributed by atoms with E-state index in [4.69, 9.17) is 5.11 Å². The third-order valence-corrected chi connectivity index (χ3v) is 1.97. The van der Waals surface area contributed by atoms with E-state index in [2.05, 4.69) is 6.92 Å². The van der Waals surface area contributed by atoms with Crippen LogP contribution >= 0.6 is 0 Å². The number of hydrogen-bond donors (Lipinski definition) is 1. The minimum atomic E-state index is -0.130. The van der Waals surface area contributed by atoms with E-state index < -0.39 is 0 Å². The van der Waals surface area contributed by atoms with Crippen LogP contribution in [0.3, 0.4) is 0 Å². The van der Waals surface area contributed by atoms with Gasteiger partial charge in [0.25, 0.3) is 0 Å². The monoisotopic (exact) mass is 142 g/mol. The predicted molar refractivity (Wildman–Crippen MR) is 45.0 cm³/mol. The largest absolute Gasteiger partial charge is 0.389 e. The minimum absolute atomic E-state index is 0.130. The van der Waals surface area contributed by atoms with Crippen molar-refractivity contribution >= 4 is 0 Å². The molecule has 1 nitrogen and oxygen atoms in total. The van der Waals surface area contributed by atoms with Gasteiger partial charge >= 0.3 is 0 Å². The van der Waals surface area contributed by atoms with Gasteiger partial charge in [0, 0.05) is 0 Å². The number of aliphatic hydroxyl groups excluding tert-OH is 1. The van der Waals surface area contributed by atoms with Crippen molar-refractivity contribution in [2.24, 2.45) is 0 Å². The predicted octanol–water partition coefficient (Wildman–Crippen LogP) is 2.50. The van der Waals surface area contributed by atoms with Crippen LogP contribution in [-0.4, -0.2) is 11.2 Å². The molecular weight excluding hydrogens is 124 g/mol. The third-order valence-electron chi connectivity index (χ3n) is 1.97. The van der Waals surface area contributed by atoms with Crippen molar-refractivity contribution in [2.45, 2.75) is 46.6 Å². The Bertz CT molecular complexity index is 125. The van der Waals surface area contributed by atoms with E-state index in [1.54, 1.807) is 0 Å². The molecule has 0 fully saturated rings. The first-order valence-corrected chi connectivity index (χ1v) is 4.06. The highest BCUT2D eigenvalue weighted by Gasteiger charge is 2.15. The highest BCUT2D eigenvalue weighted by atomic mass is 16.3. The molecule has 0 aromatic carbocycles. The van der Waals surface area contributed by atoms with E-state index in [9.17, 15) is 0 Å². The summed E-state index contributed by atoms with van der Waals surface area (Å²) in [5.41, 5.74) is 2.56. The summed E-state index contributed by atoms with van der Waals surface area (Å²) in [6, 6.07) is 0. The van der Waals surface area contributed by atoms with Gasteiger partial charge in [-0.3, -0.25) is 0 Å². The van der Waals surface area contributed by atoms with Crippen LogP contribution in [0.2, 0.25) is 0 Å². The lowest BCUT2D eigenvalue weighted by Gasteiger charge is -1.99. The topological polar surface area (TPSA) is 20.2 Å². The maximum atomic E-state index is 9.11. The summed E-state index contributed by atoms with van der Waals surface area (Å²) < 4.78 is 0. The molecule has 0 saturated heterocycles. The molecule has 1 aliphatic rings. The fraction of sp³-hybridized carbons (Fsp3) is 0.778. The van der Waals surface area contributed by atoms with E-state index in [0.29, 0.717) is 0 Å². The lowest BCUT2D eigenvalue weighted by molar-refractivity contribution is 0.212. The van der Waals surface area contributed by atoms with Gasteiger partial charge < -0.3 is 5.11 Å². The second kappa shape index (κ2) is 4.51. The van der Waals surface area contributed by atoms with Gasteiger partial charge in [-0.25, -0.2) is 0 Å². The van der Waals surface area contributed by atoms with Crippen LogP contribution in [0.1, 0.15) is 40.5 Å². The Kier molecular flexibility index (Phi) is 4.37. The molecule has 1 N–H and O–H groups in total. The van der Waals surface area contributed by atoms with Gasteiger partial charge in [0.1, 0.15) is 0 Å². The standard InChI is InChI=1S/C7H12O.C2H6/c1-5-3-4-7(8)6(5)2;1-2/h7-8H,3-4H2,1-2H3;1-2H3. The number of hydrogen-bond acceptors (Lipinski definition) is 1. The summed E-state index contributed by atoms with van der Waals surface area (Å²) in [7, 11) is 0. The van der Waals surface area contributed by atoms with Gasteiger partial charge in [-0.1, -0.05) is 19.4 Å². The summed E-state index contributed by atoms with van der Waals surface area (Å²) in [5.74, 6) is 0. The Morgan fingerprint density at radius 3 is 1.90 bits per heavy atom. The molecule has 1 unspecified atom stereocenters. The van der Waals surface area contributed by atoms with Crippen LogP contribution in [0.5, 0.6) is 0 Å². The van der Waals surface area contributed by atoms with Crippen molar-refractivity contribution < 1.29 is 5.11 Å². The van der Waals surface area contributed by atoms with Gasteiger partial charge in [-0.15, -0.1) is 0 Å². The van der Waals surface area contributed by atoms with Crippen molar-refractivity contribution in [3.63, 3.8) is 0 Å². The van der Waals surface area contributed by atoms with Crippen LogP contribution in [0.15, 0.2) is 11.1 Å². The molecule has 0 amide bonds. The maximum absolute atomic E-state index is 9.11. The lowest BCUT2D eigenvalue weighted by Crippen LogP contribution is -2.00. The number of allylic oxidation sites excluding steroid dienone is 1. The van der Waals surface area contributed by atoms with Crippen LogP contribution < -0.4 is 0 Å². The SMILES string of the molecule is CC.CC1=C(C)C(O)CC1. The maximum Gasteiger partial charge on any atom is 0.0753 e. The fourth-order valence-electron chi connectivity index (χ4n) is 1.05. The first-order valence-electron chi connectivity index (χ1n) is 4.06. The van der Waals surface area contributed by atoms with Crippen molar-refractivity contribution in [1.29, 1.82) is 0 Å². The van der Waals surface area contributed by atoms with E-state index in [-0.39, 0.29) is 6.10 Å². The van der Waals surface area contributed by atoms with Crippen molar-refractivity contribution in [3.05, 3.63) is 11.1 Å². The summed E-state index contributed by atoms with van der Waals surface area (Å²) in [6.45, 7) is 8.10. The second-order valence-corrected chi connectivity index (χ2v) is 2.52. The van der Waals surface area contributed by atoms with Crippen LogP contribution in [-0.2, 0) is 0 Å². The van der Waals surface area contributed by atoms with Crippen LogP contribution in [0.25, 0.3) is 0 Å². The fourth-order valence-corrected chi connectivity index (χ4v) is 1.05. The van der Waals surface area contributed by atoms with E-state index in [0.717, 1.165) is 12.8 Å². The molecule has 0 spiro atoms. The van der Waals surface area contributed by atoms with Gasteiger partial charge in [-0.2, -0.15) is 0 Å². The average Bonchev–Trinajstić information content (AvgIpc) is 2.25. The van der Waals surface area contributed by atoms with Gasteiger partial charge in [0.2, 0.25) is 0 Å². The summed E-state index contributed by atoms with van der Waals surface area (Å²) >= 11 is 0. The molecule has 0 heterocycles. The quantitative estimate of drug-likeness (QED) is 0.515. The first-order chi connectivity index (χ1) is 4.72. The Hall–Kier alpha value is -0.300. The Morgan fingerprint density at radius 1 is 1.30 bits per heavy atom. The van der Waals surface area contributed by atoms with Gasteiger partial charge in [-0.05, 0) is 32.3 Å². The first kappa shape index (κ1) is 9.70. The minimum Gasteiger partial charge on any atom is -0.389 e. The Morgan fingerprint density at radius 2 is 1.80 bits per heavy atom. The zero-order chi connectivity index (χ0) is 8.15. The normalized spacial score (nSPS) is 24.3. The number of aliphatic hydroxyl groups is 1. The highest BCUT2D eigenvalue weighted by Crippen LogP contribution is 2.24. The number of rotatable bonds is 0. The highest BCUT2D eigenvalue weighted by molar-refractivity contribution is 5.19. The molecule has 0 aliphatic heterocycles. The lowest BCUT2D eigenvalue weighted by atomic mass is 10.2. The second-order valence-electron chi connectivity index (χ2n) is 2.52. The molecule has 1 aliphatic carbocycles. The van der Waals surface area contributed by atoms with Gasteiger partial charge in [0.05, 0.1) is 6.10 Å². The molecule has 1 atom stereocenters. The van der Waals surface area contributed by atoms with E-state index >= 15 is 0 Å². The summed E-state index contributed by atoms with van der Waals surface area (Å²) in [6.07, 6.45) is 1.90. The van der Waals surface area contributed by atoms with Crippen molar-refractivity contribution in [1.82, 2.24) is 0 Å². The van der Waals surface area contributed by atoms with Crippen molar-refractivity contribution in [3.8, 4) is 0 Å². The zero-order valence-corrected chi connectivity index (χ0v) is 7.44. The molecule has 1 heteroatoms. The molecule has 10 heavy (non-hydrogen) atoms. The van der Waals surface area contributed by atoms with Crippen molar-refractivity contribution in [2.75, 3.05) is 0 Å². The third kappa shape index (κ3) is 2.14. The van der Waals surface area contributed by atoms with Crippen LogP contribution in [0.4, 0.5) is 0 Å². The molecule has 0 aromatic rings. The molecule has 0 saturated carbocycles. The van der Waals surface area contributed by atoms with Gasteiger partial charge in [0.15, 0.2) is 0 Å². The molecule has 1 rings (SSSR count). The Labute approximate surface area is 63.8 Å². The zero-order valence-electron chi connectivity index (χ0n) is 7.44. The molecule has 0 bridgehead atoms. The molecule has 0 aromatic heterocycles. The van der Waals surface area contributed by atoms with E-state index in [1.165, 1.54) is 11.1 Å². The van der Waals surface area contributed by atoms with E-state index in [1.807, 2.05) is 20.8 Å². The Balaban J connectivity index is 0.000000371. The average molecular weight is 142 g/mol. The smallest absolute Gasteiger partial charge is 0.0753 e. The van der Waals surface area contributed by atoms with Crippen LogP contribution in [0, 0.1) is 0 Å². The summed E-state index contributed by atoms with van der Waals surface area (Å²) in [4.78, 5) is 0. The summed E-state index contributed by atoms with van der Waals surface area (Å²) in [5, 5.41) is 9.11. The molecular formula is C9H18O. The molecule has 0 radical (unpaired) electrons. The molecule has 60 valence electrons.